The first kappa shape index (κ1) is 28.1. The van der Waals surface area contributed by atoms with Crippen LogP contribution in [0.4, 0.5) is 4.39 Å². The SMILES string of the molecule is CCN1CCN(CCCCNC(=NC)NCc2cc(F)ccc2CS(C)(=O)=O)CC1.I. The molecule has 7 nitrogen and oxygen atoms in total. The second-order valence-electron chi connectivity index (χ2n) is 7.82. The van der Waals surface area contributed by atoms with Crippen LogP contribution in [0.25, 0.3) is 0 Å². The molecule has 0 aliphatic carbocycles. The molecule has 0 unspecified atom stereocenters. The highest BCUT2D eigenvalue weighted by atomic mass is 127. The number of piperazine rings is 1. The Balaban J connectivity index is 0.00000480. The van der Waals surface area contributed by atoms with Gasteiger partial charge in [0.05, 0.1) is 5.75 Å². The van der Waals surface area contributed by atoms with Crippen LogP contribution in [0, 0.1) is 5.82 Å². The molecule has 178 valence electrons. The summed E-state index contributed by atoms with van der Waals surface area (Å²) < 4.78 is 36.9. The van der Waals surface area contributed by atoms with Crippen LogP contribution in [0.2, 0.25) is 0 Å². The number of hydrogen-bond donors (Lipinski definition) is 2. The summed E-state index contributed by atoms with van der Waals surface area (Å²) in [6.45, 7) is 10.2. The summed E-state index contributed by atoms with van der Waals surface area (Å²) in [6, 6.07) is 4.20. The van der Waals surface area contributed by atoms with Crippen molar-refractivity contribution in [3.05, 3.63) is 35.1 Å². The molecule has 1 saturated heterocycles. The highest BCUT2D eigenvalue weighted by Crippen LogP contribution is 2.14. The molecule has 0 aromatic heterocycles. The van der Waals surface area contributed by atoms with Crippen LogP contribution in [0.5, 0.6) is 0 Å². The fraction of sp³-hybridized carbons (Fsp3) is 0.667. The van der Waals surface area contributed by atoms with Crippen molar-refractivity contribution in [3.63, 3.8) is 0 Å². The fourth-order valence-electron chi connectivity index (χ4n) is 3.58. The van der Waals surface area contributed by atoms with Crippen molar-refractivity contribution in [2.45, 2.75) is 32.1 Å². The van der Waals surface area contributed by atoms with Crippen molar-refractivity contribution in [1.29, 1.82) is 0 Å². The van der Waals surface area contributed by atoms with Crippen molar-refractivity contribution in [1.82, 2.24) is 20.4 Å². The van der Waals surface area contributed by atoms with Gasteiger partial charge >= 0.3 is 0 Å². The summed E-state index contributed by atoms with van der Waals surface area (Å²) in [4.78, 5) is 9.20. The Morgan fingerprint density at radius 3 is 2.39 bits per heavy atom. The first-order valence-electron chi connectivity index (χ1n) is 10.6. The van der Waals surface area contributed by atoms with Crippen molar-refractivity contribution in [2.24, 2.45) is 4.99 Å². The van der Waals surface area contributed by atoms with Gasteiger partial charge in [-0.15, -0.1) is 24.0 Å². The highest BCUT2D eigenvalue weighted by molar-refractivity contribution is 14.0. The smallest absolute Gasteiger partial charge is 0.191 e. The molecule has 1 fully saturated rings. The van der Waals surface area contributed by atoms with Gasteiger partial charge in [-0.3, -0.25) is 4.99 Å². The summed E-state index contributed by atoms with van der Waals surface area (Å²) in [5.74, 6) is 0.135. The van der Waals surface area contributed by atoms with Gasteiger partial charge in [0.15, 0.2) is 15.8 Å². The minimum absolute atomic E-state index is 0. The van der Waals surface area contributed by atoms with E-state index in [2.05, 4.69) is 32.3 Å². The number of hydrogen-bond acceptors (Lipinski definition) is 5. The minimum atomic E-state index is -3.19. The van der Waals surface area contributed by atoms with Crippen molar-refractivity contribution in [3.8, 4) is 0 Å². The van der Waals surface area contributed by atoms with E-state index in [0.717, 1.165) is 58.7 Å². The molecule has 0 amide bonds. The van der Waals surface area contributed by atoms with Crippen LogP contribution in [0.15, 0.2) is 23.2 Å². The second-order valence-corrected chi connectivity index (χ2v) is 9.96. The third-order valence-electron chi connectivity index (χ3n) is 5.36. The molecule has 0 saturated carbocycles. The van der Waals surface area contributed by atoms with E-state index in [4.69, 9.17) is 0 Å². The van der Waals surface area contributed by atoms with E-state index in [1.807, 2.05) is 0 Å². The number of sulfone groups is 1. The second kappa shape index (κ2) is 14.2. The van der Waals surface area contributed by atoms with Crippen LogP contribution in [0.3, 0.4) is 0 Å². The van der Waals surface area contributed by atoms with Crippen LogP contribution in [-0.4, -0.2) is 83.3 Å². The average molecular weight is 570 g/mol. The predicted molar refractivity (Wildman–Crippen MR) is 136 cm³/mol. The maximum atomic E-state index is 13.6. The Hall–Kier alpha value is -0.980. The number of nitrogens with one attached hydrogen (secondary N) is 2. The van der Waals surface area contributed by atoms with Crippen molar-refractivity contribution in [2.75, 3.05) is 59.1 Å². The van der Waals surface area contributed by atoms with Crippen LogP contribution >= 0.6 is 24.0 Å². The zero-order valence-electron chi connectivity index (χ0n) is 18.9. The third-order valence-corrected chi connectivity index (χ3v) is 6.20. The van der Waals surface area contributed by atoms with Gasteiger partial charge in [-0.05, 0) is 49.2 Å². The normalized spacial score (nSPS) is 16.1. The van der Waals surface area contributed by atoms with Gasteiger partial charge in [-0.25, -0.2) is 12.8 Å². The molecular formula is C21H37FIN5O2S. The highest BCUT2D eigenvalue weighted by Gasteiger charge is 2.14. The Morgan fingerprint density at radius 1 is 1.10 bits per heavy atom. The van der Waals surface area contributed by atoms with Gasteiger partial charge in [0.25, 0.3) is 0 Å². The molecule has 1 heterocycles. The number of benzene rings is 1. The van der Waals surface area contributed by atoms with E-state index in [0.29, 0.717) is 23.6 Å². The molecule has 1 aromatic rings. The van der Waals surface area contributed by atoms with E-state index in [-0.39, 0.29) is 35.5 Å². The largest absolute Gasteiger partial charge is 0.356 e. The average Bonchev–Trinajstić information content (AvgIpc) is 2.71. The number of guanidine groups is 1. The monoisotopic (exact) mass is 569 g/mol. The number of aliphatic imine (C=N–C) groups is 1. The number of halogens is 2. The molecule has 1 aliphatic rings. The van der Waals surface area contributed by atoms with Crippen molar-refractivity contribution >= 4 is 39.8 Å². The molecule has 10 heteroatoms. The standard InChI is InChI=1S/C21H36FN5O2S.HI/c1-4-26-11-13-27(14-12-26)10-6-5-9-24-21(23-2)25-16-19-15-20(22)8-7-18(19)17-30(3,28)29;/h7-8,15H,4-6,9-14,16-17H2,1-3H3,(H2,23,24,25);1H. The molecule has 2 rings (SSSR count). The van der Waals surface area contributed by atoms with Gasteiger partial charge in [0, 0.05) is 52.6 Å². The first-order valence-corrected chi connectivity index (χ1v) is 12.7. The van der Waals surface area contributed by atoms with Gasteiger partial charge < -0.3 is 20.4 Å². The Kier molecular flexibility index (Phi) is 12.9. The van der Waals surface area contributed by atoms with Crippen molar-refractivity contribution < 1.29 is 12.8 Å². The number of likely N-dealkylation sites (N-methyl/N-ethyl adjacent to an activating group) is 1. The molecule has 1 aromatic carbocycles. The molecule has 1 aliphatic heterocycles. The lowest BCUT2D eigenvalue weighted by atomic mass is 10.1. The molecule has 0 spiro atoms. The Bertz CT molecular complexity index is 799. The molecule has 0 radical (unpaired) electrons. The lowest BCUT2D eigenvalue weighted by molar-refractivity contribution is 0.136. The van der Waals surface area contributed by atoms with E-state index >= 15 is 0 Å². The van der Waals surface area contributed by atoms with Gasteiger partial charge in [0.1, 0.15) is 5.82 Å². The number of nitrogens with zero attached hydrogens (tertiary/aromatic N) is 3. The summed E-state index contributed by atoms with van der Waals surface area (Å²) in [5.41, 5.74) is 1.22. The summed E-state index contributed by atoms with van der Waals surface area (Å²) in [6.07, 6.45) is 3.34. The summed E-state index contributed by atoms with van der Waals surface area (Å²) in [5, 5.41) is 6.43. The summed E-state index contributed by atoms with van der Waals surface area (Å²) >= 11 is 0. The Labute approximate surface area is 203 Å². The topological polar surface area (TPSA) is 77.0 Å². The maximum Gasteiger partial charge on any atom is 0.191 e. The van der Waals surface area contributed by atoms with Gasteiger partial charge in [-0.1, -0.05) is 13.0 Å². The van der Waals surface area contributed by atoms with Gasteiger partial charge in [0.2, 0.25) is 0 Å². The zero-order valence-corrected chi connectivity index (χ0v) is 22.0. The quantitative estimate of drug-likeness (QED) is 0.195. The number of rotatable bonds is 10. The van der Waals surface area contributed by atoms with E-state index in [9.17, 15) is 12.8 Å². The molecule has 0 atom stereocenters. The van der Waals surface area contributed by atoms with Crippen LogP contribution < -0.4 is 10.6 Å². The molecular weight excluding hydrogens is 532 g/mol. The Morgan fingerprint density at radius 2 is 1.77 bits per heavy atom. The lowest BCUT2D eigenvalue weighted by Gasteiger charge is -2.34. The van der Waals surface area contributed by atoms with E-state index in [1.165, 1.54) is 24.5 Å². The fourth-order valence-corrected chi connectivity index (χ4v) is 4.42. The minimum Gasteiger partial charge on any atom is -0.356 e. The molecule has 2 N–H and O–H groups in total. The van der Waals surface area contributed by atoms with E-state index < -0.39 is 9.84 Å². The third kappa shape index (κ3) is 10.9. The van der Waals surface area contributed by atoms with Crippen LogP contribution in [0.1, 0.15) is 30.9 Å². The van der Waals surface area contributed by atoms with Crippen LogP contribution in [-0.2, 0) is 22.1 Å². The predicted octanol–water partition coefficient (Wildman–Crippen LogP) is 2.07. The maximum absolute atomic E-state index is 13.6. The molecule has 31 heavy (non-hydrogen) atoms. The zero-order chi connectivity index (χ0) is 22.0. The molecule has 0 bridgehead atoms. The summed E-state index contributed by atoms with van der Waals surface area (Å²) in [7, 11) is -1.51. The first-order chi connectivity index (χ1) is 14.3. The number of unbranched alkanes of at least 4 members (excludes halogenated alkanes) is 1. The van der Waals surface area contributed by atoms with Gasteiger partial charge in [-0.2, -0.15) is 0 Å². The lowest BCUT2D eigenvalue weighted by Crippen LogP contribution is -2.46. The van der Waals surface area contributed by atoms with E-state index in [1.54, 1.807) is 7.05 Å².